The Bertz CT molecular complexity index is 339. The standard InChI is InChI=1S/C12H17BrO3/c1-8(6-14)7-16-12-5-10(13)3-4-11(12)9(2)15/h3-5,8-9,14-15H,6-7H2,1-2H3/t8?,9-/m0/s1. The zero-order valence-corrected chi connectivity index (χ0v) is 11.1. The first-order chi connectivity index (χ1) is 7.54. The molecule has 0 amide bonds. The number of ether oxygens (including phenoxy) is 1. The van der Waals surface area contributed by atoms with Crippen LogP contribution in [0.5, 0.6) is 5.75 Å². The first-order valence-corrected chi connectivity index (χ1v) is 6.05. The molecule has 1 rings (SSSR count). The van der Waals surface area contributed by atoms with Gasteiger partial charge in [0.15, 0.2) is 0 Å². The van der Waals surface area contributed by atoms with Gasteiger partial charge in [-0.1, -0.05) is 28.9 Å². The molecule has 2 atom stereocenters. The lowest BCUT2D eigenvalue weighted by atomic mass is 10.1. The molecule has 4 heteroatoms. The molecule has 1 aromatic carbocycles. The van der Waals surface area contributed by atoms with Gasteiger partial charge in [0.05, 0.1) is 12.7 Å². The highest BCUT2D eigenvalue weighted by Gasteiger charge is 2.10. The molecule has 0 spiro atoms. The molecule has 16 heavy (non-hydrogen) atoms. The fourth-order valence-electron chi connectivity index (χ4n) is 1.26. The van der Waals surface area contributed by atoms with E-state index >= 15 is 0 Å². The van der Waals surface area contributed by atoms with Crippen LogP contribution in [0.4, 0.5) is 0 Å². The summed E-state index contributed by atoms with van der Waals surface area (Å²) in [6, 6.07) is 5.52. The van der Waals surface area contributed by atoms with E-state index in [0.29, 0.717) is 12.4 Å². The van der Waals surface area contributed by atoms with Gasteiger partial charge in [0.25, 0.3) is 0 Å². The van der Waals surface area contributed by atoms with Crippen molar-refractivity contribution in [2.75, 3.05) is 13.2 Å². The van der Waals surface area contributed by atoms with Gasteiger partial charge in [0.2, 0.25) is 0 Å². The average molecular weight is 289 g/mol. The fourth-order valence-corrected chi connectivity index (χ4v) is 1.60. The Morgan fingerprint density at radius 1 is 1.38 bits per heavy atom. The third-order valence-corrected chi connectivity index (χ3v) is 2.75. The van der Waals surface area contributed by atoms with Crippen LogP contribution in [0.3, 0.4) is 0 Å². The van der Waals surface area contributed by atoms with E-state index in [4.69, 9.17) is 9.84 Å². The highest BCUT2D eigenvalue weighted by Crippen LogP contribution is 2.28. The summed E-state index contributed by atoms with van der Waals surface area (Å²) in [5.41, 5.74) is 0.758. The Balaban J connectivity index is 2.80. The molecule has 0 radical (unpaired) electrons. The van der Waals surface area contributed by atoms with Crippen LogP contribution in [-0.2, 0) is 0 Å². The predicted octanol–water partition coefficient (Wildman–Crippen LogP) is 2.51. The second-order valence-electron chi connectivity index (χ2n) is 3.96. The monoisotopic (exact) mass is 288 g/mol. The second kappa shape index (κ2) is 6.23. The molecule has 0 saturated heterocycles. The third-order valence-electron chi connectivity index (χ3n) is 2.26. The van der Waals surface area contributed by atoms with Crippen LogP contribution in [-0.4, -0.2) is 23.4 Å². The first-order valence-electron chi connectivity index (χ1n) is 5.25. The maximum atomic E-state index is 9.57. The van der Waals surface area contributed by atoms with Gasteiger partial charge in [-0.2, -0.15) is 0 Å². The molecule has 0 fully saturated rings. The molecule has 0 aliphatic rings. The van der Waals surface area contributed by atoms with E-state index in [-0.39, 0.29) is 12.5 Å². The normalized spacial score (nSPS) is 14.6. The fraction of sp³-hybridized carbons (Fsp3) is 0.500. The van der Waals surface area contributed by atoms with E-state index in [0.717, 1.165) is 10.0 Å². The Morgan fingerprint density at radius 2 is 2.06 bits per heavy atom. The van der Waals surface area contributed by atoms with E-state index in [1.807, 2.05) is 25.1 Å². The molecule has 2 N–H and O–H groups in total. The summed E-state index contributed by atoms with van der Waals surface area (Å²) >= 11 is 3.36. The van der Waals surface area contributed by atoms with Crippen molar-refractivity contribution in [3.63, 3.8) is 0 Å². The molecule has 3 nitrogen and oxygen atoms in total. The van der Waals surface area contributed by atoms with Crippen molar-refractivity contribution in [3.05, 3.63) is 28.2 Å². The zero-order chi connectivity index (χ0) is 12.1. The Kier molecular flexibility index (Phi) is 5.25. The lowest BCUT2D eigenvalue weighted by molar-refractivity contribution is 0.163. The van der Waals surface area contributed by atoms with Crippen molar-refractivity contribution in [2.24, 2.45) is 5.92 Å². The van der Waals surface area contributed by atoms with Gasteiger partial charge in [-0.05, 0) is 19.1 Å². The lowest BCUT2D eigenvalue weighted by Crippen LogP contribution is -2.13. The molecule has 0 aliphatic heterocycles. The minimum absolute atomic E-state index is 0.0841. The lowest BCUT2D eigenvalue weighted by Gasteiger charge is -2.16. The van der Waals surface area contributed by atoms with E-state index in [2.05, 4.69) is 15.9 Å². The van der Waals surface area contributed by atoms with Gasteiger partial charge in [-0.15, -0.1) is 0 Å². The summed E-state index contributed by atoms with van der Waals surface area (Å²) in [5, 5.41) is 18.5. The maximum absolute atomic E-state index is 9.57. The molecule has 90 valence electrons. The largest absolute Gasteiger partial charge is 0.493 e. The highest BCUT2D eigenvalue weighted by atomic mass is 79.9. The summed E-state index contributed by atoms with van der Waals surface area (Å²) in [6.45, 7) is 4.14. The van der Waals surface area contributed by atoms with Gasteiger partial charge in [-0.3, -0.25) is 0 Å². The van der Waals surface area contributed by atoms with Crippen LogP contribution in [0.2, 0.25) is 0 Å². The molecule has 0 aliphatic carbocycles. The minimum atomic E-state index is -0.562. The number of hydrogen-bond acceptors (Lipinski definition) is 3. The molecule has 0 saturated carbocycles. The predicted molar refractivity (Wildman–Crippen MR) is 66.5 cm³/mol. The SMILES string of the molecule is CC(CO)COc1cc(Br)ccc1[C@H](C)O. The molecule has 0 bridgehead atoms. The molecular weight excluding hydrogens is 272 g/mol. The molecule has 0 aromatic heterocycles. The minimum Gasteiger partial charge on any atom is -0.493 e. The smallest absolute Gasteiger partial charge is 0.126 e. The van der Waals surface area contributed by atoms with Gasteiger partial charge < -0.3 is 14.9 Å². The van der Waals surface area contributed by atoms with E-state index in [9.17, 15) is 5.11 Å². The van der Waals surface area contributed by atoms with Crippen LogP contribution < -0.4 is 4.74 Å². The van der Waals surface area contributed by atoms with E-state index in [1.165, 1.54) is 0 Å². The first kappa shape index (κ1) is 13.5. The number of hydrogen-bond donors (Lipinski definition) is 2. The van der Waals surface area contributed by atoms with Crippen molar-refractivity contribution in [3.8, 4) is 5.75 Å². The molecule has 1 unspecified atom stereocenters. The number of aliphatic hydroxyl groups excluding tert-OH is 2. The van der Waals surface area contributed by atoms with Crippen molar-refractivity contribution in [2.45, 2.75) is 20.0 Å². The number of aliphatic hydroxyl groups is 2. The molecular formula is C12H17BrO3. The van der Waals surface area contributed by atoms with E-state index in [1.54, 1.807) is 6.92 Å². The highest BCUT2D eigenvalue weighted by molar-refractivity contribution is 9.10. The van der Waals surface area contributed by atoms with Crippen molar-refractivity contribution >= 4 is 15.9 Å². The van der Waals surface area contributed by atoms with Crippen LogP contribution in [0.25, 0.3) is 0 Å². The quantitative estimate of drug-likeness (QED) is 0.875. The number of halogens is 1. The van der Waals surface area contributed by atoms with Crippen LogP contribution in [0.15, 0.2) is 22.7 Å². The van der Waals surface area contributed by atoms with Crippen LogP contribution in [0.1, 0.15) is 25.5 Å². The maximum Gasteiger partial charge on any atom is 0.126 e. The molecule has 1 aromatic rings. The van der Waals surface area contributed by atoms with Crippen LogP contribution in [0, 0.1) is 5.92 Å². The molecule has 0 heterocycles. The number of rotatable bonds is 5. The van der Waals surface area contributed by atoms with E-state index < -0.39 is 6.10 Å². The summed E-state index contributed by atoms with van der Waals surface area (Å²) in [6.07, 6.45) is -0.562. The van der Waals surface area contributed by atoms with Crippen LogP contribution >= 0.6 is 15.9 Å². The van der Waals surface area contributed by atoms with Crippen molar-refractivity contribution in [1.82, 2.24) is 0 Å². The number of benzene rings is 1. The summed E-state index contributed by atoms with van der Waals surface area (Å²) < 4.78 is 6.49. The van der Waals surface area contributed by atoms with Gasteiger partial charge in [0.1, 0.15) is 5.75 Å². The summed E-state index contributed by atoms with van der Waals surface area (Å²) in [4.78, 5) is 0. The second-order valence-corrected chi connectivity index (χ2v) is 4.87. The van der Waals surface area contributed by atoms with Crippen molar-refractivity contribution < 1.29 is 14.9 Å². The Labute approximate surface area is 104 Å². The zero-order valence-electron chi connectivity index (χ0n) is 9.48. The third kappa shape index (κ3) is 3.77. The Morgan fingerprint density at radius 3 is 2.62 bits per heavy atom. The van der Waals surface area contributed by atoms with Gasteiger partial charge in [-0.25, -0.2) is 0 Å². The average Bonchev–Trinajstić information content (AvgIpc) is 2.25. The van der Waals surface area contributed by atoms with Gasteiger partial charge in [0, 0.05) is 22.6 Å². The Hall–Kier alpha value is -0.580. The summed E-state index contributed by atoms with van der Waals surface area (Å²) in [7, 11) is 0. The topological polar surface area (TPSA) is 49.7 Å². The van der Waals surface area contributed by atoms with Gasteiger partial charge >= 0.3 is 0 Å². The summed E-state index contributed by atoms with van der Waals surface area (Å²) in [5.74, 6) is 0.741. The van der Waals surface area contributed by atoms with Crippen molar-refractivity contribution in [1.29, 1.82) is 0 Å².